The fraction of sp³-hybridized carbons (Fsp3) is 0.194. The Kier molecular flexibility index (Phi) is 8.24. The van der Waals surface area contributed by atoms with Crippen LogP contribution in [0.2, 0.25) is 0 Å². The Morgan fingerprint density at radius 2 is 1.19 bits per heavy atom. The normalized spacial score (nSPS) is 11.6. The lowest BCUT2D eigenvalue weighted by molar-refractivity contribution is -0.675. The van der Waals surface area contributed by atoms with Crippen LogP contribution in [0.15, 0.2) is 103 Å². The molecular formula is C31H31N2O3+. The van der Waals surface area contributed by atoms with Crippen molar-refractivity contribution in [2.75, 3.05) is 0 Å². The number of aromatic nitrogens is 1. The molecule has 3 aromatic carbocycles. The molecule has 5 nitrogen and oxygen atoms in total. The first-order chi connectivity index (χ1) is 17.5. The number of unbranched alkanes of at least 4 members (excludes halogenated alkanes) is 1. The van der Waals surface area contributed by atoms with E-state index >= 15 is 0 Å². The van der Waals surface area contributed by atoms with Crippen LogP contribution in [0.3, 0.4) is 0 Å². The van der Waals surface area contributed by atoms with Gasteiger partial charge in [0.25, 0.3) is 0 Å². The number of pyridine rings is 1. The van der Waals surface area contributed by atoms with Gasteiger partial charge in [0, 0.05) is 36.6 Å². The summed E-state index contributed by atoms with van der Waals surface area (Å²) in [5.74, 6) is -1.33. The summed E-state index contributed by atoms with van der Waals surface area (Å²) in [4.78, 5) is 22.9. The van der Waals surface area contributed by atoms with Crippen LogP contribution in [-0.4, -0.2) is 23.0 Å². The van der Waals surface area contributed by atoms with E-state index in [1.54, 1.807) is 0 Å². The lowest BCUT2D eigenvalue weighted by Crippen LogP contribution is -2.41. The van der Waals surface area contributed by atoms with Gasteiger partial charge in [0.05, 0.1) is 0 Å². The molecule has 0 bridgehead atoms. The highest BCUT2D eigenvalue weighted by Crippen LogP contribution is 2.29. The summed E-state index contributed by atoms with van der Waals surface area (Å²) in [5, 5.41) is 12.0. The van der Waals surface area contributed by atoms with Crippen LogP contribution in [0.25, 0.3) is 33.6 Å². The molecule has 2 N–H and O–H groups in total. The van der Waals surface area contributed by atoms with Crippen molar-refractivity contribution in [3.05, 3.63) is 103 Å². The van der Waals surface area contributed by atoms with Gasteiger partial charge in [0.2, 0.25) is 17.3 Å². The predicted octanol–water partition coefficient (Wildman–Crippen LogP) is 5.73. The zero-order valence-corrected chi connectivity index (χ0v) is 20.4. The van der Waals surface area contributed by atoms with Crippen LogP contribution in [-0.2, 0) is 16.1 Å². The van der Waals surface area contributed by atoms with Gasteiger partial charge in [-0.05, 0) is 48.2 Å². The minimum atomic E-state index is -1.000. The van der Waals surface area contributed by atoms with E-state index in [9.17, 15) is 14.7 Å². The van der Waals surface area contributed by atoms with Gasteiger partial charge in [-0.1, -0.05) is 66.7 Å². The number of aliphatic carboxylic acids is 1. The first-order valence-corrected chi connectivity index (χ1v) is 12.3. The maximum Gasteiger partial charge on any atom is 0.326 e. The Labute approximate surface area is 212 Å². The molecule has 0 saturated heterocycles. The Hall–Kier alpha value is -4.25. The van der Waals surface area contributed by atoms with Crippen molar-refractivity contribution in [1.29, 1.82) is 0 Å². The molecule has 36 heavy (non-hydrogen) atoms. The van der Waals surface area contributed by atoms with Gasteiger partial charge in [0.1, 0.15) is 12.6 Å². The van der Waals surface area contributed by atoms with Crippen LogP contribution in [0.1, 0.15) is 26.2 Å². The molecule has 1 atom stereocenters. The van der Waals surface area contributed by atoms with Crippen molar-refractivity contribution in [2.45, 2.75) is 38.8 Å². The molecule has 0 radical (unpaired) electrons. The van der Waals surface area contributed by atoms with Gasteiger partial charge >= 0.3 is 5.97 Å². The van der Waals surface area contributed by atoms with Gasteiger partial charge in [-0.15, -0.1) is 0 Å². The van der Waals surface area contributed by atoms with E-state index in [-0.39, 0.29) is 5.91 Å². The molecule has 0 fully saturated rings. The molecule has 0 aliphatic carbocycles. The quantitative estimate of drug-likeness (QED) is 0.225. The summed E-state index contributed by atoms with van der Waals surface area (Å²) in [6.07, 6.45) is 1.84. The van der Waals surface area contributed by atoms with Gasteiger partial charge in [-0.2, -0.15) is 4.57 Å². The molecule has 4 rings (SSSR count). The third kappa shape index (κ3) is 6.25. The molecule has 4 aromatic rings. The number of carbonyl (C=O) groups is 2. The van der Waals surface area contributed by atoms with E-state index in [0.717, 1.165) is 46.6 Å². The van der Waals surface area contributed by atoms with E-state index in [4.69, 9.17) is 0 Å². The first kappa shape index (κ1) is 24.9. The maximum atomic E-state index is 11.5. The predicted molar refractivity (Wildman–Crippen MR) is 142 cm³/mol. The van der Waals surface area contributed by atoms with E-state index in [1.807, 2.05) is 42.5 Å². The second kappa shape index (κ2) is 11.9. The number of nitrogens with one attached hydrogen (secondary N) is 1. The maximum absolute atomic E-state index is 11.5. The summed E-state index contributed by atoms with van der Waals surface area (Å²) in [5.41, 5.74) is 6.74. The second-order valence-electron chi connectivity index (χ2n) is 8.85. The number of carboxylic acids is 1. The molecule has 182 valence electrons. The highest BCUT2D eigenvalue weighted by Gasteiger charge is 2.23. The van der Waals surface area contributed by atoms with Crippen molar-refractivity contribution < 1.29 is 19.3 Å². The Bertz CT molecular complexity index is 1250. The fourth-order valence-electron chi connectivity index (χ4n) is 4.48. The molecule has 1 aromatic heterocycles. The average molecular weight is 480 g/mol. The second-order valence-corrected chi connectivity index (χ2v) is 8.85. The van der Waals surface area contributed by atoms with Crippen molar-refractivity contribution in [2.24, 2.45) is 0 Å². The number of carbonyl (C=O) groups excluding carboxylic acids is 1. The highest BCUT2D eigenvalue weighted by atomic mass is 16.4. The van der Waals surface area contributed by atoms with Crippen LogP contribution in [0.4, 0.5) is 0 Å². The number of hydrogen-bond donors (Lipinski definition) is 2. The zero-order valence-electron chi connectivity index (χ0n) is 20.4. The Morgan fingerprint density at radius 3 is 1.64 bits per heavy atom. The summed E-state index contributed by atoms with van der Waals surface area (Å²) in [7, 11) is 0. The third-order valence-corrected chi connectivity index (χ3v) is 6.21. The molecule has 0 aliphatic rings. The SMILES string of the molecule is CC(=O)N[C@H](CCCC[n+]1c(-c2ccccc2)cc(-c2ccccc2)cc1-c1ccccc1)C(=O)O. The number of amides is 1. The Morgan fingerprint density at radius 1 is 0.722 bits per heavy atom. The van der Waals surface area contributed by atoms with Crippen LogP contribution < -0.4 is 9.88 Å². The number of hydrogen-bond acceptors (Lipinski definition) is 2. The minimum absolute atomic E-state index is 0.328. The van der Waals surface area contributed by atoms with Crippen molar-refractivity contribution in [3.63, 3.8) is 0 Å². The van der Waals surface area contributed by atoms with Crippen molar-refractivity contribution >= 4 is 11.9 Å². The standard InChI is InChI=1S/C31H30N2O3/c1-23(34)32-28(31(35)36)19-11-12-20-33-29(25-15-7-3-8-16-25)21-27(24-13-5-2-6-14-24)22-30(33)26-17-9-4-10-18-26/h2-10,13-18,21-22,28H,11-12,19-20H2,1H3,(H-,32,34,35,36)/p+1/t28-/m1/s1. The monoisotopic (exact) mass is 479 g/mol. The minimum Gasteiger partial charge on any atom is -0.480 e. The molecule has 1 heterocycles. The summed E-state index contributed by atoms with van der Waals surface area (Å²) < 4.78 is 2.32. The summed E-state index contributed by atoms with van der Waals surface area (Å²) in [6, 6.07) is 34.6. The lowest BCUT2D eigenvalue weighted by Gasteiger charge is -2.14. The number of benzene rings is 3. The first-order valence-electron chi connectivity index (χ1n) is 12.3. The molecular weight excluding hydrogens is 448 g/mol. The van der Waals surface area contributed by atoms with E-state index in [1.165, 1.54) is 6.92 Å². The molecule has 0 aliphatic heterocycles. The Balaban J connectivity index is 1.73. The van der Waals surface area contributed by atoms with Gasteiger partial charge in [0.15, 0.2) is 0 Å². The largest absolute Gasteiger partial charge is 0.480 e. The lowest BCUT2D eigenvalue weighted by atomic mass is 9.98. The third-order valence-electron chi connectivity index (χ3n) is 6.21. The molecule has 0 unspecified atom stereocenters. The van der Waals surface area contributed by atoms with Crippen molar-refractivity contribution in [1.82, 2.24) is 5.32 Å². The van der Waals surface area contributed by atoms with Crippen LogP contribution in [0.5, 0.6) is 0 Å². The highest BCUT2D eigenvalue weighted by molar-refractivity contribution is 5.82. The fourth-order valence-corrected chi connectivity index (χ4v) is 4.48. The topological polar surface area (TPSA) is 70.3 Å². The van der Waals surface area contributed by atoms with E-state index in [0.29, 0.717) is 12.8 Å². The summed E-state index contributed by atoms with van der Waals surface area (Å²) in [6.45, 7) is 2.06. The average Bonchev–Trinajstić information content (AvgIpc) is 2.91. The number of rotatable bonds is 10. The number of carboxylic acid groups (broad SMARTS) is 1. The van der Waals surface area contributed by atoms with E-state index in [2.05, 4.69) is 70.5 Å². The molecule has 1 amide bonds. The molecule has 0 spiro atoms. The molecule has 0 saturated carbocycles. The number of nitrogens with zero attached hydrogens (tertiary/aromatic N) is 1. The van der Waals surface area contributed by atoms with Crippen molar-refractivity contribution in [3.8, 4) is 33.6 Å². The van der Waals surface area contributed by atoms with Crippen LogP contribution >= 0.6 is 0 Å². The summed E-state index contributed by atoms with van der Waals surface area (Å²) >= 11 is 0. The van der Waals surface area contributed by atoms with Gasteiger partial charge in [-0.3, -0.25) is 4.79 Å². The zero-order chi connectivity index (χ0) is 25.3. The molecule has 5 heteroatoms. The van der Waals surface area contributed by atoms with E-state index < -0.39 is 12.0 Å². The van der Waals surface area contributed by atoms with Gasteiger partial charge in [-0.25, -0.2) is 4.79 Å². The smallest absolute Gasteiger partial charge is 0.326 e. The van der Waals surface area contributed by atoms with Gasteiger partial charge < -0.3 is 10.4 Å². The van der Waals surface area contributed by atoms with Crippen LogP contribution in [0, 0.1) is 0 Å².